The van der Waals surface area contributed by atoms with Gasteiger partial charge in [0.2, 0.25) is 5.91 Å². The van der Waals surface area contributed by atoms with Crippen LogP contribution in [0.5, 0.6) is 5.75 Å². The Morgan fingerprint density at radius 2 is 2.25 bits per heavy atom. The van der Waals surface area contributed by atoms with Crippen LogP contribution in [0.3, 0.4) is 0 Å². The van der Waals surface area contributed by atoms with Crippen LogP contribution in [0.4, 0.5) is 5.69 Å². The quantitative estimate of drug-likeness (QED) is 0.841. The van der Waals surface area contributed by atoms with E-state index in [1.54, 1.807) is 0 Å². The fraction of sp³-hybridized carbons (Fsp3) is 0.562. The lowest BCUT2D eigenvalue weighted by atomic mass is 10.0. The molecule has 1 heterocycles. The minimum Gasteiger partial charge on any atom is -0.487 e. The second kappa shape index (κ2) is 6.75. The Morgan fingerprint density at radius 3 is 2.95 bits per heavy atom. The van der Waals surface area contributed by atoms with Gasteiger partial charge >= 0.3 is 0 Å². The van der Waals surface area contributed by atoms with Gasteiger partial charge in [-0.2, -0.15) is 0 Å². The molecule has 1 aliphatic heterocycles. The number of hydrogen-bond donors (Lipinski definition) is 1. The highest BCUT2D eigenvalue weighted by atomic mass is 16.5. The number of amides is 1. The van der Waals surface area contributed by atoms with Crippen molar-refractivity contribution in [2.24, 2.45) is 5.73 Å². The third-order valence-electron chi connectivity index (χ3n) is 3.61. The molecule has 20 heavy (non-hydrogen) atoms. The van der Waals surface area contributed by atoms with Crippen LogP contribution in [0.1, 0.15) is 38.7 Å². The molecule has 1 aliphatic rings. The molecule has 1 aromatic rings. The van der Waals surface area contributed by atoms with Crippen molar-refractivity contribution in [1.29, 1.82) is 0 Å². The van der Waals surface area contributed by atoms with E-state index < -0.39 is 0 Å². The number of aryl methyl sites for hydroxylation is 1. The summed E-state index contributed by atoms with van der Waals surface area (Å²) < 4.78 is 5.82. The monoisotopic (exact) mass is 276 g/mol. The number of rotatable bonds is 5. The standard InChI is InChI=1S/C16H24N2O2/c1-3-16(19)18-11-12(2)20-15-8-7-13(10-14(15)18)6-4-5-9-17/h7-8,10,12H,3-6,9,11,17H2,1-2H3. The van der Waals surface area contributed by atoms with Gasteiger partial charge in [-0.15, -0.1) is 0 Å². The fourth-order valence-electron chi connectivity index (χ4n) is 2.54. The van der Waals surface area contributed by atoms with Gasteiger partial charge < -0.3 is 15.4 Å². The van der Waals surface area contributed by atoms with Crippen LogP contribution >= 0.6 is 0 Å². The molecule has 2 rings (SSSR count). The molecule has 0 spiro atoms. The summed E-state index contributed by atoms with van der Waals surface area (Å²) >= 11 is 0. The van der Waals surface area contributed by atoms with Crippen molar-refractivity contribution in [3.05, 3.63) is 23.8 Å². The molecule has 1 atom stereocenters. The number of unbranched alkanes of at least 4 members (excludes halogenated alkanes) is 1. The van der Waals surface area contributed by atoms with Crippen molar-refractivity contribution in [3.8, 4) is 5.75 Å². The molecular formula is C16H24N2O2. The van der Waals surface area contributed by atoms with Gasteiger partial charge in [0.05, 0.1) is 12.2 Å². The molecular weight excluding hydrogens is 252 g/mol. The van der Waals surface area contributed by atoms with Crippen LogP contribution in [0.15, 0.2) is 18.2 Å². The summed E-state index contributed by atoms with van der Waals surface area (Å²) in [6, 6.07) is 6.16. The van der Waals surface area contributed by atoms with E-state index in [1.165, 1.54) is 5.56 Å². The first-order chi connectivity index (χ1) is 9.65. The molecule has 1 amide bonds. The van der Waals surface area contributed by atoms with E-state index in [-0.39, 0.29) is 12.0 Å². The van der Waals surface area contributed by atoms with Crippen LogP contribution in [-0.2, 0) is 11.2 Å². The largest absolute Gasteiger partial charge is 0.487 e. The average Bonchev–Trinajstić information content (AvgIpc) is 2.46. The normalized spacial score (nSPS) is 17.6. The van der Waals surface area contributed by atoms with Crippen molar-refractivity contribution in [2.75, 3.05) is 18.0 Å². The number of nitrogens with zero attached hydrogens (tertiary/aromatic N) is 1. The fourth-order valence-corrected chi connectivity index (χ4v) is 2.54. The Balaban J connectivity index is 2.22. The smallest absolute Gasteiger partial charge is 0.226 e. The summed E-state index contributed by atoms with van der Waals surface area (Å²) in [5.74, 6) is 0.966. The lowest BCUT2D eigenvalue weighted by Crippen LogP contribution is -2.42. The zero-order chi connectivity index (χ0) is 14.5. The molecule has 4 nitrogen and oxygen atoms in total. The zero-order valence-electron chi connectivity index (χ0n) is 12.4. The molecule has 0 aromatic heterocycles. The van der Waals surface area contributed by atoms with Gasteiger partial charge in [0, 0.05) is 6.42 Å². The summed E-state index contributed by atoms with van der Waals surface area (Å²) in [4.78, 5) is 14.0. The summed E-state index contributed by atoms with van der Waals surface area (Å²) in [5.41, 5.74) is 7.68. The predicted octanol–water partition coefficient (Wildman–Crippen LogP) is 2.49. The number of carbonyl (C=O) groups is 1. The predicted molar refractivity (Wildman–Crippen MR) is 81.2 cm³/mol. The van der Waals surface area contributed by atoms with Crippen molar-refractivity contribution in [3.63, 3.8) is 0 Å². The third kappa shape index (κ3) is 3.31. The molecule has 0 saturated carbocycles. The maximum atomic E-state index is 12.1. The van der Waals surface area contributed by atoms with Crippen molar-refractivity contribution >= 4 is 11.6 Å². The first kappa shape index (κ1) is 14.9. The molecule has 4 heteroatoms. The first-order valence-corrected chi connectivity index (χ1v) is 7.45. The highest BCUT2D eigenvalue weighted by molar-refractivity contribution is 5.95. The summed E-state index contributed by atoms with van der Waals surface area (Å²) in [5, 5.41) is 0. The number of anilines is 1. The lowest BCUT2D eigenvalue weighted by molar-refractivity contribution is -0.118. The Bertz CT molecular complexity index is 474. The van der Waals surface area contributed by atoms with Crippen molar-refractivity contribution < 1.29 is 9.53 Å². The summed E-state index contributed by atoms with van der Waals surface area (Å²) in [7, 11) is 0. The van der Waals surface area contributed by atoms with Crippen LogP contribution in [0, 0.1) is 0 Å². The molecule has 0 fully saturated rings. The molecule has 2 N–H and O–H groups in total. The molecule has 0 aliphatic carbocycles. The topological polar surface area (TPSA) is 55.6 Å². The number of ether oxygens (including phenoxy) is 1. The summed E-state index contributed by atoms with van der Waals surface area (Å²) in [6.45, 7) is 5.25. The number of fused-ring (bicyclic) bond motifs is 1. The number of carbonyl (C=O) groups excluding carboxylic acids is 1. The number of nitrogens with two attached hydrogens (primary N) is 1. The van der Waals surface area contributed by atoms with Gasteiger partial charge in [-0.1, -0.05) is 13.0 Å². The Hall–Kier alpha value is -1.55. The lowest BCUT2D eigenvalue weighted by Gasteiger charge is -2.33. The number of hydrogen-bond acceptors (Lipinski definition) is 3. The highest BCUT2D eigenvalue weighted by Crippen LogP contribution is 2.35. The van der Waals surface area contributed by atoms with Gasteiger partial charge in [0.25, 0.3) is 0 Å². The van der Waals surface area contributed by atoms with Crippen LogP contribution < -0.4 is 15.4 Å². The molecule has 0 saturated heterocycles. The molecule has 0 bridgehead atoms. The average molecular weight is 276 g/mol. The van der Waals surface area contributed by atoms with Crippen LogP contribution in [0.25, 0.3) is 0 Å². The third-order valence-corrected chi connectivity index (χ3v) is 3.61. The first-order valence-electron chi connectivity index (χ1n) is 7.45. The zero-order valence-corrected chi connectivity index (χ0v) is 12.4. The van der Waals surface area contributed by atoms with Gasteiger partial charge in [-0.05, 0) is 50.4 Å². The van der Waals surface area contributed by atoms with Gasteiger partial charge in [-0.3, -0.25) is 4.79 Å². The summed E-state index contributed by atoms with van der Waals surface area (Å²) in [6.07, 6.45) is 3.66. The van der Waals surface area contributed by atoms with Gasteiger partial charge in [0.15, 0.2) is 0 Å². The van der Waals surface area contributed by atoms with E-state index >= 15 is 0 Å². The molecule has 110 valence electrons. The Kier molecular flexibility index (Phi) is 5.01. The minimum absolute atomic E-state index is 0.0427. The van der Waals surface area contributed by atoms with E-state index in [1.807, 2.05) is 24.8 Å². The molecule has 0 radical (unpaired) electrons. The van der Waals surface area contributed by atoms with Crippen molar-refractivity contribution in [2.45, 2.75) is 45.6 Å². The van der Waals surface area contributed by atoms with Crippen molar-refractivity contribution in [1.82, 2.24) is 0 Å². The Labute approximate surface area is 120 Å². The maximum absolute atomic E-state index is 12.1. The minimum atomic E-state index is 0.0427. The Morgan fingerprint density at radius 1 is 1.45 bits per heavy atom. The van der Waals surface area contributed by atoms with Gasteiger partial charge in [-0.25, -0.2) is 0 Å². The van der Waals surface area contributed by atoms with Crippen LogP contribution in [0.2, 0.25) is 0 Å². The van der Waals surface area contributed by atoms with E-state index in [9.17, 15) is 4.79 Å². The van der Waals surface area contributed by atoms with Crippen LogP contribution in [-0.4, -0.2) is 25.1 Å². The second-order valence-electron chi connectivity index (χ2n) is 5.33. The SMILES string of the molecule is CCC(=O)N1CC(C)Oc2ccc(CCCCN)cc21. The van der Waals surface area contributed by atoms with Gasteiger partial charge in [0.1, 0.15) is 11.9 Å². The molecule has 1 unspecified atom stereocenters. The van der Waals surface area contributed by atoms with E-state index in [0.717, 1.165) is 37.2 Å². The highest BCUT2D eigenvalue weighted by Gasteiger charge is 2.26. The number of benzene rings is 1. The molecule has 1 aromatic carbocycles. The van der Waals surface area contributed by atoms with E-state index in [4.69, 9.17) is 10.5 Å². The van der Waals surface area contributed by atoms with E-state index in [0.29, 0.717) is 13.0 Å². The maximum Gasteiger partial charge on any atom is 0.226 e. The second-order valence-corrected chi connectivity index (χ2v) is 5.33. The van der Waals surface area contributed by atoms with E-state index in [2.05, 4.69) is 12.1 Å².